The van der Waals surface area contributed by atoms with E-state index in [1.165, 1.54) is 0 Å². The van der Waals surface area contributed by atoms with Gasteiger partial charge in [-0.05, 0) is 13.0 Å². The number of hydrogen-bond donors (Lipinski definition) is 1. The fraction of sp³-hybridized carbons (Fsp3) is 0.0833. The smallest absolute Gasteiger partial charge is 0.156 e. The first-order valence-corrected chi connectivity index (χ1v) is 5.08. The highest BCUT2D eigenvalue weighted by molar-refractivity contribution is 5.90. The molecular weight excluding hydrogens is 200 g/mol. The normalized spacial score (nSPS) is 10.8. The third kappa shape index (κ3) is 1.35. The van der Waals surface area contributed by atoms with Crippen LogP contribution in [0.1, 0.15) is 5.82 Å². The van der Waals surface area contributed by atoms with E-state index in [1.807, 2.05) is 31.2 Å². The molecule has 0 fully saturated rings. The maximum Gasteiger partial charge on any atom is 0.156 e. The van der Waals surface area contributed by atoms with E-state index in [4.69, 9.17) is 0 Å². The molecule has 0 aliphatic carbocycles. The summed E-state index contributed by atoms with van der Waals surface area (Å²) in [5, 5.41) is 1.02. The number of fused-ring (bicyclic) bond motifs is 1. The number of benzene rings is 1. The number of para-hydroxylation sites is 1. The lowest BCUT2D eigenvalue weighted by molar-refractivity contribution is 1.08. The molecule has 1 N–H and O–H groups in total. The van der Waals surface area contributed by atoms with Crippen molar-refractivity contribution in [2.45, 2.75) is 6.92 Å². The first-order chi connectivity index (χ1) is 7.84. The third-order valence-corrected chi connectivity index (χ3v) is 2.44. The van der Waals surface area contributed by atoms with Gasteiger partial charge in [-0.1, -0.05) is 18.2 Å². The Hall–Kier alpha value is -2.23. The fourth-order valence-electron chi connectivity index (χ4n) is 1.77. The number of aryl methyl sites for hydroxylation is 1. The molecule has 2 heterocycles. The van der Waals surface area contributed by atoms with Gasteiger partial charge in [0, 0.05) is 17.8 Å². The van der Waals surface area contributed by atoms with Crippen LogP contribution in [0.4, 0.5) is 0 Å². The zero-order chi connectivity index (χ0) is 11.0. The average molecular weight is 210 g/mol. The van der Waals surface area contributed by atoms with E-state index < -0.39 is 0 Å². The van der Waals surface area contributed by atoms with Crippen LogP contribution in [0.2, 0.25) is 0 Å². The lowest BCUT2D eigenvalue weighted by Gasteiger charge is -2.03. The summed E-state index contributed by atoms with van der Waals surface area (Å²) in [5.74, 6) is 1.53. The standard InChI is InChI=1S/C12H10N4/c1-8-15-10-5-3-2-4-9(10)11(16-8)12-13-6-7-14-12/h2-7H,1H3,(H,13,14). The molecule has 0 spiro atoms. The Bertz CT molecular complexity index is 629. The topological polar surface area (TPSA) is 54.5 Å². The molecule has 4 nitrogen and oxygen atoms in total. The van der Waals surface area contributed by atoms with E-state index in [-0.39, 0.29) is 0 Å². The van der Waals surface area contributed by atoms with Gasteiger partial charge in [-0.25, -0.2) is 15.0 Å². The van der Waals surface area contributed by atoms with Gasteiger partial charge in [-0.2, -0.15) is 0 Å². The van der Waals surface area contributed by atoms with Crippen LogP contribution in [0.3, 0.4) is 0 Å². The summed E-state index contributed by atoms with van der Waals surface area (Å²) in [4.78, 5) is 16.1. The minimum atomic E-state index is 0.755. The van der Waals surface area contributed by atoms with Crippen LogP contribution >= 0.6 is 0 Å². The molecule has 2 aromatic heterocycles. The Morgan fingerprint density at radius 1 is 1.12 bits per heavy atom. The van der Waals surface area contributed by atoms with E-state index in [1.54, 1.807) is 12.4 Å². The third-order valence-electron chi connectivity index (χ3n) is 2.44. The van der Waals surface area contributed by atoms with E-state index >= 15 is 0 Å². The van der Waals surface area contributed by atoms with Crippen LogP contribution < -0.4 is 0 Å². The Morgan fingerprint density at radius 3 is 2.81 bits per heavy atom. The van der Waals surface area contributed by atoms with Crippen molar-refractivity contribution in [1.29, 1.82) is 0 Å². The molecular formula is C12H10N4. The van der Waals surface area contributed by atoms with E-state index in [0.29, 0.717) is 0 Å². The van der Waals surface area contributed by atoms with Gasteiger partial charge in [0.05, 0.1) is 5.52 Å². The Kier molecular flexibility index (Phi) is 1.93. The monoisotopic (exact) mass is 210 g/mol. The molecule has 3 rings (SSSR count). The minimum Gasteiger partial charge on any atom is -0.343 e. The average Bonchev–Trinajstić information content (AvgIpc) is 2.81. The number of hydrogen-bond acceptors (Lipinski definition) is 3. The quantitative estimate of drug-likeness (QED) is 0.670. The van der Waals surface area contributed by atoms with Crippen LogP contribution in [0, 0.1) is 6.92 Å². The number of imidazole rings is 1. The van der Waals surface area contributed by atoms with Crippen molar-refractivity contribution in [2.24, 2.45) is 0 Å². The number of nitrogens with one attached hydrogen (secondary N) is 1. The first-order valence-electron chi connectivity index (χ1n) is 5.08. The second-order valence-corrected chi connectivity index (χ2v) is 3.57. The van der Waals surface area contributed by atoms with Crippen molar-refractivity contribution < 1.29 is 0 Å². The van der Waals surface area contributed by atoms with Crippen LogP contribution in [-0.4, -0.2) is 19.9 Å². The number of H-pyrrole nitrogens is 1. The second-order valence-electron chi connectivity index (χ2n) is 3.57. The van der Waals surface area contributed by atoms with Gasteiger partial charge >= 0.3 is 0 Å². The minimum absolute atomic E-state index is 0.755. The lowest BCUT2D eigenvalue weighted by atomic mass is 10.2. The first kappa shape index (κ1) is 9.03. The summed E-state index contributed by atoms with van der Waals surface area (Å²) in [5.41, 5.74) is 1.80. The van der Waals surface area contributed by atoms with Crippen molar-refractivity contribution >= 4 is 10.9 Å². The second kappa shape index (κ2) is 3.41. The number of aromatic amines is 1. The van der Waals surface area contributed by atoms with Gasteiger partial charge in [-0.15, -0.1) is 0 Å². The van der Waals surface area contributed by atoms with Gasteiger partial charge in [0.2, 0.25) is 0 Å². The Balaban J connectivity index is 2.39. The summed E-state index contributed by atoms with van der Waals surface area (Å²) in [6, 6.07) is 7.94. The molecule has 1 aromatic carbocycles. The molecule has 4 heteroatoms. The maximum absolute atomic E-state index is 4.44. The highest BCUT2D eigenvalue weighted by atomic mass is 15.0. The molecule has 0 aliphatic rings. The van der Waals surface area contributed by atoms with Crippen molar-refractivity contribution in [3.8, 4) is 11.5 Å². The SMILES string of the molecule is Cc1nc(-c2ncc[nH]2)c2ccccc2n1. The molecule has 16 heavy (non-hydrogen) atoms. The van der Waals surface area contributed by atoms with Gasteiger partial charge in [0.15, 0.2) is 5.82 Å². The molecule has 0 unspecified atom stereocenters. The maximum atomic E-state index is 4.44. The predicted molar refractivity (Wildman–Crippen MR) is 61.9 cm³/mol. The Labute approximate surface area is 92.4 Å². The summed E-state index contributed by atoms with van der Waals surface area (Å²) in [7, 11) is 0. The van der Waals surface area contributed by atoms with Crippen molar-refractivity contribution in [3.05, 3.63) is 42.5 Å². The number of rotatable bonds is 1. The van der Waals surface area contributed by atoms with Crippen molar-refractivity contribution in [2.75, 3.05) is 0 Å². The Morgan fingerprint density at radius 2 is 2.00 bits per heavy atom. The van der Waals surface area contributed by atoms with E-state index in [2.05, 4.69) is 19.9 Å². The van der Waals surface area contributed by atoms with Crippen LogP contribution in [0.15, 0.2) is 36.7 Å². The zero-order valence-corrected chi connectivity index (χ0v) is 8.81. The van der Waals surface area contributed by atoms with Gasteiger partial charge in [0.25, 0.3) is 0 Å². The lowest BCUT2D eigenvalue weighted by Crippen LogP contribution is -1.94. The van der Waals surface area contributed by atoms with Gasteiger partial charge in [0.1, 0.15) is 11.5 Å². The molecule has 78 valence electrons. The molecule has 0 bridgehead atoms. The summed E-state index contributed by atoms with van der Waals surface area (Å²) < 4.78 is 0. The summed E-state index contributed by atoms with van der Waals surface area (Å²) in [6.07, 6.45) is 3.52. The molecule has 0 amide bonds. The molecule has 0 atom stereocenters. The van der Waals surface area contributed by atoms with E-state index in [9.17, 15) is 0 Å². The van der Waals surface area contributed by atoms with Crippen molar-refractivity contribution in [3.63, 3.8) is 0 Å². The summed E-state index contributed by atoms with van der Waals surface area (Å²) in [6.45, 7) is 1.89. The highest BCUT2D eigenvalue weighted by Crippen LogP contribution is 2.22. The molecule has 0 saturated carbocycles. The summed E-state index contributed by atoms with van der Waals surface area (Å²) >= 11 is 0. The molecule has 3 aromatic rings. The van der Waals surface area contributed by atoms with Gasteiger partial charge < -0.3 is 4.98 Å². The predicted octanol–water partition coefficient (Wildman–Crippen LogP) is 2.33. The van der Waals surface area contributed by atoms with E-state index in [0.717, 1.165) is 28.2 Å². The van der Waals surface area contributed by atoms with Crippen molar-refractivity contribution in [1.82, 2.24) is 19.9 Å². The van der Waals surface area contributed by atoms with Crippen LogP contribution in [0.5, 0.6) is 0 Å². The van der Waals surface area contributed by atoms with Gasteiger partial charge in [-0.3, -0.25) is 0 Å². The molecule has 0 aliphatic heterocycles. The molecule has 0 radical (unpaired) electrons. The largest absolute Gasteiger partial charge is 0.343 e. The zero-order valence-electron chi connectivity index (χ0n) is 8.81. The molecule has 0 saturated heterocycles. The fourth-order valence-corrected chi connectivity index (χ4v) is 1.77. The van der Waals surface area contributed by atoms with Crippen LogP contribution in [-0.2, 0) is 0 Å². The highest BCUT2D eigenvalue weighted by Gasteiger charge is 2.08. The number of aromatic nitrogens is 4. The number of nitrogens with zero attached hydrogens (tertiary/aromatic N) is 3. The van der Waals surface area contributed by atoms with Crippen LogP contribution in [0.25, 0.3) is 22.4 Å².